The van der Waals surface area contributed by atoms with Gasteiger partial charge in [-0.05, 0) is 42.5 Å². The van der Waals surface area contributed by atoms with Crippen LogP contribution in [0.5, 0.6) is 0 Å². The van der Waals surface area contributed by atoms with Gasteiger partial charge in [-0.1, -0.05) is 116 Å². The van der Waals surface area contributed by atoms with Crippen LogP contribution in [-0.2, 0) is 22.4 Å². The van der Waals surface area contributed by atoms with Crippen LogP contribution in [0.25, 0.3) is 0 Å². The minimum Gasteiger partial charge on any atom is -0.356 e. The smallest absolute Gasteiger partial charge is 0.262 e. The molecular weight excluding hydrogens is 642 g/mol. The van der Waals surface area contributed by atoms with Gasteiger partial charge in [0, 0.05) is 30.6 Å². The molecule has 1 aliphatic heterocycles. The minimum absolute atomic E-state index is 0.214. The average Bonchev–Trinajstić information content (AvgIpc) is 3.56. The first-order chi connectivity index (χ1) is 24.8. The largest absolute Gasteiger partial charge is 0.356 e. The summed E-state index contributed by atoms with van der Waals surface area (Å²) in [6.45, 7) is 0.821. The van der Waals surface area contributed by atoms with Crippen molar-refractivity contribution in [1.82, 2.24) is 15.5 Å². The number of ketones is 2. The van der Waals surface area contributed by atoms with E-state index < -0.39 is 29.7 Å². The Balaban J connectivity index is 0.960. The molecule has 0 radical (unpaired) electrons. The topological polar surface area (TPSA) is 130 Å². The van der Waals surface area contributed by atoms with Gasteiger partial charge in [-0.25, -0.2) is 0 Å². The summed E-state index contributed by atoms with van der Waals surface area (Å²) in [7, 11) is 0. The van der Waals surface area contributed by atoms with Gasteiger partial charge in [0.05, 0.1) is 23.0 Å². The highest BCUT2D eigenvalue weighted by Crippen LogP contribution is 2.34. The van der Waals surface area contributed by atoms with Crippen molar-refractivity contribution in [3.63, 3.8) is 0 Å². The number of benzene rings is 4. The molecule has 1 heterocycles. The normalized spacial score (nSPS) is 15.0. The van der Waals surface area contributed by atoms with Crippen LogP contribution in [0.15, 0.2) is 109 Å². The molecule has 4 aromatic rings. The lowest BCUT2D eigenvalue weighted by Gasteiger charge is -2.25. The molecule has 0 aromatic heterocycles. The Kier molecular flexibility index (Phi) is 11.3. The fourth-order valence-corrected chi connectivity index (χ4v) is 7.04. The molecule has 0 unspecified atom stereocenters. The van der Waals surface area contributed by atoms with E-state index in [1.807, 2.05) is 60.7 Å². The molecule has 4 aromatic carbocycles. The zero-order chi connectivity index (χ0) is 35.7. The van der Waals surface area contributed by atoms with Crippen LogP contribution in [0.2, 0.25) is 0 Å². The molecule has 0 fully saturated rings. The van der Waals surface area contributed by atoms with E-state index in [9.17, 15) is 28.8 Å². The summed E-state index contributed by atoms with van der Waals surface area (Å²) in [5.41, 5.74) is 3.11. The number of carbonyl (C=O) groups excluding carboxylic acids is 6. The van der Waals surface area contributed by atoms with Crippen LogP contribution in [0, 0.1) is 11.8 Å². The first-order valence-corrected chi connectivity index (χ1v) is 17.6. The molecule has 6 rings (SSSR count). The van der Waals surface area contributed by atoms with E-state index in [-0.39, 0.29) is 36.2 Å². The number of fused-ring (bicyclic) bond motifs is 2. The minimum atomic E-state index is -1.04. The number of hydrogen-bond donors (Lipinski definition) is 2. The Labute approximate surface area is 297 Å². The fourth-order valence-electron chi connectivity index (χ4n) is 7.04. The van der Waals surface area contributed by atoms with Crippen molar-refractivity contribution in [2.45, 2.75) is 51.0 Å². The van der Waals surface area contributed by atoms with Gasteiger partial charge in [-0.3, -0.25) is 33.7 Å². The van der Waals surface area contributed by atoms with Crippen molar-refractivity contribution in [3.05, 3.63) is 143 Å². The number of rotatable bonds is 16. The second kappa shape index (κ2) is 16.3. The average molecular weight is 684 g/mol. The highest BCUT2D eigenvalue weighted by Gasteiger charge is 2.46. The Morgan fingerprint density at radius 2 is 0.922 bits per heavy atom. The van der Waals surface area contributed by atoms with Crippen LogP contribution in [0.3, 0.4) is 0 Å². The summed E-state index contributed by atoms with van der Waals surface area (Å²) in [4.78, 5) is 81.0. The lowest BCUT2D eigenvalue weighted by Crippen LogP contribution is -2.50. The number of nitrogens with zero attached hydrogens (tertiary/aromatic N) is 1. The van der Waals surface area contributed by atoms with Crippen molar-refractivity contribution < 1.29 is 28.8 Å². The summed E-state index contributed by atoms with van der Waals surface area (Å²) in [5, 5.41) is 5.92. The maximum Gasteiger partial charge on any atom is 0.262 e. The number of imide groups is 1. The second-order valence-corrected chi connectivity index (χ2v) is 13.1. The van der Waals surface area contributed by atoms with Crippen molar-refractivity contribution >= 4 is 35.2 Å². The van der Waals surface area contributed by atoms with E-state index in [1.54, 1.807) is 48.5 Å². The van der Waals surface area contributed by atoms with E-state index in [0.717, 1.165) is 41.7 Å². The zero-order valence-electron chi connectivity index (χ0n) is 28.4. The molecule has 9 nitrogen and oxygen atoms in total. The maximum atomic E-state index is 13.5. The molecule has 0 bridgehead atoms. The number of hydrogen-bond acceptors (Lipinski definition) is 6. The quantitative estimate of drug-likeness (QED) is 0.0895. The Bertz CT molecular complexity index is 1720. The first kappa shape index (κ1) is 35.1. The molecule has 0 saturated heterocycles. The molecule has 2 N–H and O–H groups in total. The Hall–Kier alpha value is -5.70. The zero-order valence-corrected chi connectivity index (χ0v) is 28.4. The number of Topliss-reactive ketones (excluding diaryl/α,β-unsaturated/α-hetero) is 2. The molecule has 4 amide bonds. The molecule has 51 heavy (non-hydrogen) atoms. The van der Waals surface area contributed by atoms with E-state index in [4.69, 9.17) is 0 Å². The van der Waals surface area contributed by atoms with Gasteiger partial charge in [-0.2, -0.15) is 0 Å². The summed E-state index contributed by atoms with van der Waals surface area (Å²) >= 11 is 0. The van der Waals surface area contributed by atoms with Crippen LogP contribution >= 0.6 is 0 Å². The maximum absolute atomic E-state index is 13.5. The number of nitrogens with one attached hydrogen (secondary N) is 2. The predicted molar refractivity (Wildman–Crippen MR) is 192 cm³/mol. The van der Waals surface area contributed by atoms with E-state index >= 15 is 0 Å². The van der Waals surface area contributed by atoms with E-state index in [0.29, 0.717) is 41.8 Å². The van der Waals surface area contributed by atoms with Gasteiger partial charge in [0.25, 0.3) is 11.8 Å². The Morgan fingerprint density at radius 1 is 0.510 bits per heavy atom. The third-order valence-electron chi connectivity index (χ3n) is 9.72. The van der Waals surface area contributed by atoms with E-state index in [1.165, 1.54) is 0 Å². The molecule has 2 aliphatic rings. The van der Waals surface area contributed by atoms with Gasteiger partial charge in [0.1, 0.15) is 6.04 Å². The van der Waals surface area contributed by atoms with Crippen molar-refractivity contribution in [3.8, 4) is 0 Å². The standard InChI is InChI=1S/C42H41N3O6/c46-37-30-20-10-11-21-31(30)38(47)36(37)34(26-28-16-6-4-7-17-28)39(48)43-24-14-2-1-3-15-25-44-40(49)35(27-29-18-8-5-9-19-29)45-41(50)32-22-12-13-23-33(32)42(45)51/h4-13,16-23,34-36H,1-3,14-15,24-27H2,(H,43,48)(H,44,49)/t34-,35-/m0/s1. The molecule has 9 heteroatoms. The SMILES string of the molecule is O=C1c2ccccc2C(=O)C1[C@H](Cc1ccccc1)C(=O)NCCCCCCCNC(=O)[C@H](Cc1ccccc1)N1C(=O)c2ccccc2C1=O. The van der Waals surface area contributed by atoms with Gasteiger partial charge >= 0.3 is 0 Å². The second-order valence-electron chi connectivity index (χ2n) is 13.1. The van der Waals surface area contributed by atoms with Crippen molar-refractivity contribution in [2.75, 3.05) is 13.1 Å². The van der Waals surface area contributed by atoms with Gasteiger partial charge in [-0.15, -0.1) is 0 Å². The number of carbonyl (C=O) groups is 6. The van der Waals surface area contributed by atoms with Crippen LogP contribution in [-0.4, -0.2) is 59.2 Å². The van der Waals surface area contributed by atoms with Crippen molar-refractivity contribution in [1.29, 1.82) is 0 Å². The summed E-state index contributed by atoms with van der Waals surface area (Å²) in [6, 6.07) is 31.2. The first-order valence-electron chi connectivity index (χ1n) is 17.6. The molecule has 1 aliphatic carbocycles. The van der Waals surface area contributed by atoms with Gasteiger partial charge in [0.2, 0.25) is 11.8 Å². The third-order valence-corrected chi connectivity index (χ3v) is 9.72. The van der Waals surface area contributed by atoms with Gasteiger partial charge < -0.3 is 10.6 Å². The number of unbranched alkanes of at least 4 members (excludes halogenated alkanes) is 4. The molecule has 0 saturated carbocycles. The highest BCUT2D eigenvalue weighted by molar-refractivity contribution is 6.27. The Morgan fingerprint density at radius 3 is 1.43 bits per heavy atom. The molecular formula is C42H41N3O6. The lowest BCUT2D eigenvalue weighted by molar-refractivity contribution is -0.126. The van der Waals surface area contributed by atoms with Crippen LogP contribution in [0.4, 0.5) is 0 Å². The highest BCUT2D eigenvalue weighted by atomic mass is 16.2. The fraction of sp³-hybridized carbons (Fsp3) is 0.286. The summed E-state index contributed by atoms with van der Waals surface area (Å²) in [6.07, 6.45) is 4.49. The molecule has 2 atom stereocenters. The summed E-state index contributed by atoms with van der Waals surface area (Å²) in [5.74, 6) is -4.04. The molecule has 0 spiro atoms. The van der Waals surface area contributed by atoms with Gasteiger partial charge in [0.15, 0.2) is 11.6 Å². The molecule has 260 valence electrons. The summed E-state index contributed by atoms with van der Waals surface area (Å²) < 4.78 is 0. The number of amides is 4. The third kappa shape index (κ3) is 7.88. The van der Waals surface area contributed by atoms with Crippen molar-refractivity contribution in [2.24, 2.45) is 11.8 Å². The van der Waals surface area contributed by atoms with E-state index in [2.05, 4.69) is 10.6 Å². The predicted octanol–water partition coefficient (Wildman–Crippen LogP) is 5.63. The van der Waals surface area contributed by atoms with Crippen LogP contribution < -0.4 is 10.6 Å². The van der Waals surface area contributed by atoms with Crippen LogP contribution in [0.1, 0.15) is 84.7 Å². The monoisotopic (exact) mass is 683 g/mol. The lowest BCUT2D eigenvalue weighted by atomic mass is 9.82.